The maximum absolute atomic E-state index is 12.4. The minimum atomic E-state index is -0.500. The number of esters is 1. The van der Waals surface area contributed by atoms with Gasteiger partial charge in [-0.3, -0.25) is 4.79 Å². The molecule has 2 rings (SSSR count). The summed E-state index contributed by atoms with van der Waals surface area (Å²) < 4.78 is 4.87. The Bertz CT molecular complexity index is 666. The molecule has 0 bridgehead atoms. The zero-order chi connectivity index (χ0) is 15.4. The zero-order valence-corrected chi connectivity index (χ0v) is 12.9. The first kappa shape index (κ1) is 15.2. The lowest BCUT2D eigenvalue weighted by molar-refractivity contribution is 0.0526. The standard InChI is InChI=1S/C15H16N2O3S/c1-4-20-15(19)13-16-12(9-21-13)14(18)17(3)11-7-5-6-10(2)8-11/h5-9H,4H2,1-3H3. The van der Waals surface area contributed by atoms with Gasteiger partial charge in [-0.1, -0.05) is 12.1 Å². The van der Waals surface area contributed by atoms with Gasteiger partial charge in [-0.25, -0.2) is 9.78 Å². The van der Waals surface area contributed by atoms with E-state index in [1.54, 1.807) is 19.4 Å². The van der Waals surface area contributed by atoms with Crippen LogP contribution in [0.15, 0.2) is 29.6 Å². The van der Waals surface area contributed by atoms with Gasteiger partial charge in [0.05, 0.1) is 6.61 Å². The van der Waals surface area contributed by atoms with E-state index >= 15 is 0 Å². The van der Waals surface area contributed by atoms with E-state index in [4.69, 9.17) is 4.74 Å². The van der Waals surface area contributed by atoms with Crippen LogP contribution in [-0.4, -0.2) is 30.5 Å². The summed E-state index contributed by atoms with van der Waals surface area (Å²) in [6, 6.07) is 7.61. The van der Waals surface area contributed by atoms with E-state index < -0.39 is 5.97 Å². The van der Waals surface area contributed by atoms with Crippen LogP contribution in [0.2, 0.25) is 0 Å². The number of thiazole rings is 1. The first-order valence-corrected chi connectivity index (χ1v) is 7.38. The van der Waals surface area contributed by atoms with Crippen molar-refractivity contribution in [3.63, 3.8) is 0 Å². The van der Waals surface area contributed by atoms with Gasteiger partial charge >= 0.3 is 5.97 Å². The number of carbonyl (C=O) groups excluding carboxylic acids is 2. The molecule has 1 aromatic carbocycles. The molecule has 0 aliphatic heterocycles. The van der Waals surface area contributed by atoms with Gasteiger partial charge in [0.2, 0.25) is 5.01 Å². The van der Waals surface area contributed by atoms with Gasteiger partial charge in [0.15, 0.2) is 0 Å². The topological polar surface area (TPSA) is 59.5 Å². The van der Waals surface area contributed by atoms with E-state index in [1.165, 1.54) is 4.90 Å². The van der Waals surface area contributed by atoms with Crippen LogP contribution in [0.4, 0.5) is 5.69 Å². The number of hydrogen-bond acceptors (Lipinski definition) is 5. The van der Waals surface area contributed by atoms with Crippen molar-refractivity contribution >= 4 is 28.9 Å². The number of ether oxygens (including phenoxy) is 1. The normalized spacial score (nSPS) is 10.2. The van der Waals surface area contributed by atoms with Crippen molar-refractivity contribution < 1.29 is 14.3 Å². The fourth-order valence-electron chi connectivity index (χ4n) is 1.78. The number of aromatic nitrogens is 1. The van der Waals surface area contributed by atoms with Gasteiger partial charge in [-0.05, 0) is 31.5 Å². The lowest BCUT2D eigenvalue weighted by Gasteiger charge is -2.16. The molecule has 0 saturated heterocycles. The number of rotatable bonds is 4. The molecule has 0 saturated carbocycles. The summed E-state index contributed by atoms with van der Waals surface area (Å²) in [4.78, 5) is 29.5. The Morgan fingerprint density at radius 2 is 2.14 bits per heavy atom. The summed E-state index contributed by atoms with van der Waals surface area (Å²) in [7, 11) is 1.68. The molecule has 0 aliphatic rings. The summed E-state index contributed by atoms with van der Waals surface area (Å²) in [5.74, 6) is -0.757. The highest BCUT2D eigenvalue weighted by atomic mass is 32.1. The van der Waals surface area contributed by atoms with Crippen molar-refractivity contribution in [2.75, 3.05) is 18.6 Å². The van der Waals surface area contributed by atoms with Crippen LogP contribution in [0.1, 0.15) is 32.8 Å². The van der Waals surface area contributed by atoms with Crippen molar-refractivity contribution in [2.24, 2.45) is 0 Å². The number of benzene rings is 1. The third kappa shape index (κ3) is 3.46. The number of hydrogen-bond donors (Lipinski definition) is 0. The van der Waals surface area contributed by atoms with E-state index in [1.807, 2.05) is 31.2 Å². The average molecular weight is 304 g/mol. The third-order valence-corrected chi connectivity index (χ3v) is 3.69. The SMILES string of the molecule is CCOC(=O)c1nc(C(=O)N(C)c2cccc(C)c2)cs1. The molecular formula is C15H16N2O3S. The maximum atomic E-state index is 12.4. The van der Waals surface area contributed by atoms with Gasteiger partial charge in [0.1, 0.15) is 5.69 Å². The highest BCUT2D eigenvalue weighted by Gasteiger charge is 2.20. The number of nitrogens with zero attached hydrogens (tertiary/aromatic N) is 2. The summed E-state index contributed by atoms with van der Waals surface area (Å²) in [6.45, 7) is 3.97. The lowest BCUT2D eigenvalue weighted by Crippen LogP contribution is -2.26. The van der Waals surface area contributed by atoms with E-state index in [0.29, 0.717) is 0 Å². The third-order valence-electron chi connectivity index (χ3n) is 2.87. The molecule has 2 aromatic rings. The first-order chi connectivity index (χ1) is 10.0. The fourth-order valence-corrected chi connectivity index (χ4v) is 2.47. The van der Waals surface area contributed by atoms with Gasteiger partial charge < -0.3 is 9.64 Å². The van der Waals surface area contributed by atoms with Crippen LogP contribution in [0.25, 0.3) is 0 Å². The second kappa shape index (κ2) is 6.49. The monoisotopic (exact) mass is 304 g/mol. The molecule has 110 valence electrons. The molecule has 6 heteroatoms. The molecule has 21 heavy (non-hydrogen) atoms. The molecule has 0 atom stereocenters. The van der Waals surface area contributed by atoms with Gasteiger partial charge in [0.25, 0.3) is 5.91 Å². The lowest BCUT2D eigenvalue weighted by atomic mass is 10.2. The highest BCUT2D eigenvalue weighted by Crippen LogP contribution is 2.18. The molecule has 0 N–H and O–H groups in total. The second-order valence-corrected chi connectivity index (χ2v) is 5.32. The summed E-state index contributed by atoms with van der Waals surface area (Å²) in [5.41, 5.74) is 2.09. The molecule has 1 aromatic heterocycles. The maximum Gasteiger partial charge on any atom is 0.367 e. The number of amides is 1. The summed E-state index contributed by atoms with van der Waals surface area (Å²) in [6.07, 6.45) is 0. The van der Waals surface area contributed by atoms with Crippen molar-refractivity contribution in [1.29, 1.82) is 0 Å². The Kier molecular flexibility index (Phi) is 4.70. The van der Waals surface area contributed by atoms with Crippen molar-refractivity contribution in [1.82, 2.24) is 4.98 Å². The van der Waals surface area contributed by atoms with Gasteiger partial charge in [0, 0.05) is 18.1 Å². The van der Waals surface area contributed by atoms with Crippen molar-refractivity contribution in [3.8, 4) is 0 Å². The largest absolute Gasteiger partial charge is 0.461 e. The number of anilines is 1. The molecular weight excluding hydrogens is 288 g/mol. The minimum Gasteiger partial charge on any atom is -0.461 e. The van der Waals surface area contributed by atoms with E-state index in [9.17, 15) is 9.59 Å². The van der Waals surface area contributed by atoms with Crippen molar-refractivity contribution in [3.05, 3.63) is 45.9 Å². The molecule has 0 radical (unpaired) electrons. The summed E-state index contributed by atoms with van der Waals surface area (Å²) >= 11 is 1.11. The van der Waals surface area contributed by atoms with Gasteiger partial charge in [-0.2, -0.15) is 0 Å². The van der Waals surface area contributed by atoms with E-state index in [-0.39, 0.29) is 23.2 Å². The van der Waals surface area contributed by atoms with Crippen LogP contribution < -0.4 is 4.90 Å². The van der Waals surface area contributed by atoms with E-state index in [0.717, 1.165) is 22.6 Å². The van der Waals surface area contributed by atoms with Crippen LogP contribution >= 0.6 is 11.3 Å². The average Bonchev–Trinajstić information content (AvgIpc) is 2.96. The van der Waals surface area contributed by atoms with Crippen LogP contribution in [0, 0.1) is 6.92 Å². The molecule has 0 spiro atoms. The Balaban J connectivity index is 2.18. The van der Waals surface area contributed by atoms with Crippen LogP contribution in [-0.2, 0) is 4.74 Å². The Morgan fingerprint density at radius 1 is 1.38 bits per heavy atom. The number of aryl methyl sites for hydroxylation is 1. The van der Waals surface area contributed by atoms with Crippen LogP contribution in [0.5, 0.6) is 0 Å². The first-order valence-electron chi connectivity index (χ1n) is 6.50. The minimum absolute atomic E-state index is 0.192. The Hall–Kier alpha value is -2.21. The van der Waals surface area contributed by atoms with Crippen molar-refractivity contribution in [2.45, 2.75) is 13.8 Å². The zero-order valence-electron chi connectivity index (χ0n) is 12.1. The fraction of sp³-hybridized carbons (Fsp3) is 0.267. The molecule has 0 unspecified atom stereocenters. The molecule has 1 heterocycles. The highest BCUT2D eigenvalue weighted by molar-refractivity contribution is 7.11. The predicted octanol–water partition coefficient (Wildman–Crippen LogP) is 2.90. The van der Waals surface area contributed by atoms with Crippen LogP contribution in [0.3, 0.4) is 0 Å². The molecule has 5 nitrogen and oxygen atoms in total. The smallest absolute Gasteiger partial charge is 0.367 e. The summed E-state index contributed by atoms with van der Waals surface area (Å²) in [5, 5.41) is 1.76. The predicted molar refractivity (Wildman–Crippen MR) is 82.0 cm³/mol. The van der Waals surface area contributed by atoms with E-state index in [2.05, 4.69) is 4.98 Å². The molecule has 0 fully saturated rings. The quantitative estimate of drug-likeness (QED) is 0.815. The second-order valence-electron chi connectivity index (χ2n) is 4.46. The Labute approximate surface area is 127 Å². The molecule has 1 amide bonds. The number of carbonyl (C=O) groups is 2. The Morgan fingerprint density at radius 3 is 2.81 bits per heavy atom. The molecule has 0 aliphatic carbocycles. The van der Waals surface area contributed by atoms with Gasteiger partial charge in [-0.15, -0.1) is 11.3 Å².